The predicted molar refractivity (Wildman–Crippen MR) is 77.7 cm³/mol. The SMILES string of the molecule is CCCN(Cc1ccc(F)c(C#N)c1)C1CCCNC1. The Balaban J connectivity index is 2.09. The number of halogens is 1. The number of rotatable bonds is 5. The number of hydrogen-bond donors (Lipinski definition) is 1. The van der Waals surface area contributed by atoms with E-state index in [1.807, 2.05) is 6.07 Å². The first-order valence-corrected chi connectivity index (χ1v) is 7.38. The summed E-state index contributed by atoms with van der Waals surface area (Å²) in [6, 6.07) is 7.32. The van der Waals surface area contributed by atoms with Crippen molar-refractivity contribution in [3.05, 3.63) is 35.1 Å². The zero-order valence-corrected chi connectivity index (χ0v) is 12.0. The van der Waals surface area contributed by atoms with Gasteiger partial charge in [-0.1, -0.05) is 13.0 Å². The Morgan fingerprint density at radius 1 is 1.50 bits per heavy atom. The molecule has 1 unspecified atom stereocenters. The van der Waals surface area contributed by atoms with Gasteiger partial charge in [0.2, 0.25) is 0 Å². The molecule has 0 saturated carbocycles. The third-order valence-corrected chi connectivity index (χ3v) is 3.83. The third kappa shape index (κ3) is 3.78. The topological polar surface area (TPSA) is 39.1 Å². The molecule has 0 amide bonds. The summed E-state index contributed by atoms with van der Waals surface area (Å²) in [5.41, 5.74) is 1.16. The molecule has 1 atom stereocenters. The lowest BCUT2D eigenvalue weighted by Gasteiger charge is -2.34. The van der Waals surface area contributed by atoms with Crippen molar-refractivity contribution in [2.24, 2.45) is 0 Å². The molecule has 0 aromatic heterocycles. The average molecular weight is 275 g/mol. The van der Waals surface area contributed by atoms with Gasteiger partial charge in [-0.05, 0) is 50.0 Å². The van der Waals surface area contributed by atoms with Crippen molar-refractivity contribution in [2.75, 3.05) is 19.6 Å². The maximum absolute atomic E-state index is 13.4. The summed E-state index contributed by atoms with van der Waals surface area (Å²) in [6.07, 6.45) is 3.51. The van der Waals surface area contributed by atoms with Crippen molar-refractivity contribution >= 4 is 0 Å². The summed E-state index contributed by atoms with van der Waals surface area (Å²) >= 11 is 0. The van der Waals surface area contributed by atoms with Crippen LogP contribution in [0.4, 0.5) is 4.39 Å². The quantitative estimate of drug-likeness (QED) is 0.898. The van der Waals surface area contributed by atoms with Gasteiger partial charge in [-0.2, -0.15) is 5.26 Å². The molecule has 2 rings (SSSR count). The summed E-state index contributed by atoms with van der Waals surface area (Å²) in [7, 11) is 0. The highest BCUT2D eigenvalue weighted by atomic mass is 19.1. The van der Waals surface area contributed by atoms with Gasteiger partial charge in [-0.3, -0.25) is 4.90 Å². The Bertz CT molecular complexity index is 475. The Hall–Kier alpha value is -1.44. The van der Waals surface area contributed by atoms with Gasteiger partial charge in [0.25, 0.3) is 0 Å². The van der Waals surface area contributed by atoms with Crippen molar-refractivity contribution in [1.82, 2.24) is 10.2 Å². The van der Waals surface area contributed by atoms with Crippen LogP contribution in [0, 0.1) is 17.1 Å². The monoisotopic (exact) mass is 275 g/mol. The van der Waals surface area contributed by atoms with E-state index >= 15 is 0 Å². The molecule has 1 aliphatic heterocycles. The highest BCUT2D eigenvalue weighted by Crippen LogP contribution is 2.17. The molecule has 1 saturated heterocycles. The summed E-state index contributed by atoms with van der Waals surface area (Å²) in [4.78, 5) is 2.44. The van der Waals surface area contributed by atoms with Gasteiger partial charge in [0, 0.05) is 19.1 Å². The van der Waals surface area contributed by atoms with E-state index in [1.54, 1.807) is 12.1 Å². The minimum Gasteiger partial charge on any atom is -0.315 e. The van der Waals surface area contributed by atoms with Crippen LogP contribution in [0.5, 0.6) is 0 Å². The van der Waals surface area contributed by atoms with E-state index in [9.17, 15) is 4.39 Å². The normalized spacial score (nSPS) is 19.0. The number of benzene rings is 1. The molecular weight excluding hydrogens is 253 g/mol. The summed E-state index contributed by atoms with van der Waals surface area (Å²) < 4.78 is 13.4. The van der Waals surface area contributed by atoms with Gasteiger partial charge in [-0.15, -0.1) is 0 Å². The fourth-order valence-corrected chi connectivity index (χ4v) is 2.81. The van der Waals surface area contributed by atoms with Gasteiger partial charge >= 0.3 is 0 Å². The van der Waals surface area contributed by atoms with Crippen LogP contribution in [0.2, 0.25) is 0 Å². The molecule has 1 aromatic rings. The standard InChI is InChI=1S/C16H22FN3/c1-2-8-20(15-4-3-7-19-11-15)12-13-5-6-16(17)14(9-13)10-18/h5-6,9,15,19H,2-4,7-8,11-12H2,1H3. The molecule has 1 aliphatic rings. The number of nitrogens with one attached hydrogen (secondary N) is 1. The van der Waals surface area contributed by atoms with Crippen LogP contribution in [0.25, 0.3) is 0 Å². The molecule has 0 radical (unpaired) electrons. The lowest BCUT2D eigenvalue weighted by Crippen LogP contribution is -2.45. The summed E-state index contributed by atoms with van der Waals surface area (Å²) in [5, 5.41) is 12.4. The molecule has 1 heterocycles. The fraction of sp³-hybridized carbons (Fsp3) is 0.562. The Labute approximate surface area is 120 Å². The zero-order valence-electron chi connectivity index (χ0n) is 12.0. The van der Waals surface area contributed by atoms with E-state index in [1.165, 1.54) is 18.9 Å². The first-order valence-electron chi connectivity index (χ1n) is 7.38. The largest absolute Gasteiger partial charge is 0.315 e. The molecule has 0 bridgehead atoms. The smallest absolute Gasteiger partial charge is 0.140 e. The molecule has 0 aliphatic carbocycles. The minimum absolute atomic E-state index is 0.140. The molecular formula is C16H22FN3. The number of piperidine rings is 1. The molecule has 20 heavy (non-hydrogen) atoms. The van der Waals surface area contributed by atoms with Gasteiger partial charge in [0.1, 0.15) is 11.9 Å². The molecule has 0 spiro atoms. The van der Waals surface area contributed by atoms with Gasteiger partial charge in [0.15, 0.2) is 0 Å². The highest BCUT2D eigenvalue weighted by molar-refractivity contribution is 5.34. The third-order valence-electron chi connectivity index (χ3n) is 3.83. The van der Waals surface area contributed by atoms with Crippen molar-refractivity contribution in [3.8, 4) is 6.07 Å². The number of nitrogens with zero attached hydrogens (tertiary/aromatic N) is 2. The average Bonchev–Trinajstić information content (AvgIpc) is 2.49. The van der Waals surface area contributed by atoms with Crippen LogP contribution in [0.1, 0.15) is 37.3 Å². The van der Waals surface area contributed by atoms with Crippen LogP contribution in [0.15, 0.2) is 18.2 Å². The lowest BCUT2D eigenvalue weighted by atomic mass is 10.0. The summed E-state index contributed by atoms with van der Waals surface area (Å²) in [6.45, 7) is 6.12. The van der Waals surface area contributed by atoms with Crippen LogP contribution >= 0.6 is 0 Å². The van der Waals surface area contributed by atoms with Crippen molar-refractivity contribution in [2.45, 2.75) is 38.8 Å². The van der Waals surface area contributed by atoms with E-state index in [2.05, 4.69) is 17.1 Å². The van der Waals surface area contributed by atoms with Crippen LogP contribution in [-0.4, -0.2) is 30.6 Å². The minimum atomic E-state index is -0.433. The van der Waals surface area contributed by atoms with E-state index in [4.69, 9.17) is 5.26 Å². The van der Waals surface area contributed by atoms with Crippen LogP contribution in [0.3, 0.4) is 0 Å². The molecule has 1 fully saturated rings. The Morgan fingerprint density at radius 3 is 3.00 bits per heavy atom. The number of nitriles is 1. The maximum atomic E-state index is 13.4. The fourth-order valence-electron chi connectivity index (χ4n) is 2.81. The summed E-state index contributed by atoms with van der Waals surface area (Å²) in [5.74, 6) is -0.433. The van der Waals surface area contributed by atoms with Gasteiger partial charge in [-0.25, -0.2) is 4.39 Å². The second-order valence-corrected chi connectivity index (χ2v) is 5.40. The van der Waals surface area contributed by atoms with Gasteiger partial charge < -0.3 is 5.32 Å². The second-order valence-electron chi connectivity index (χ2n) is 5.40. The van der Waals surface area contributed by atoms with Gasteiger partial charge in [0.05, 0.1) is 5.56 Å². The van der Waals surface area contributed by atoms with Crippen molar-refractivity contribution in [3.63, 3.8) is 0 Å². The Morgan fingerprint density at radius 2 is 2.35 bits per heavy atom. The van der Waals surface area contributed by atoms with Crippen LogP contribution in [-0.2, 0) is 6.54 Å². The molecule has 1 aromatic carbocycles. The molecule has 3 nitrogen and oxygen atoms in total. The lowest BCUT2D eigenvalue weighted by molar-refractivity contribution is 0.158. The van der Waals surface area contributed by atoms with Crippen molar-refractivity contribution < 1.29 is 4.39 Å². The van der Waals surface area contributed by atoms with Crippen molar-refractivity contribution in [1.29, 1.82) is 5.26 Å². The predicted octanol–water partition coefficient (Wildman–Crippen LogP) is 2.66. The van der Waals surface area contributed by atoms with E-state index < -0.39 is 5.82 Å². The van der Waals surface area contributed by atoms with E-state index in [0.717, 1.165) is 38.2 Å². The van der Waals surface area contributed by atoms with Crippen LogP contribution < -0.4 is 5.32 Å². The molecule has 4 heteroatoms. The molecule has 108 valence electrons. The Kier molecular flexibility index (Phi) is 5.51. The zero-order chi connectivity index (χ0) is 14.4. The van der Waals surface area contributed by atoms with E-state index in [-0.39, 0.29) is 5.56 Å². The first kappa shape index (κ1) is 15.0. The second kappa shape index (κ2) is 7.37. The maximum Gasteiger partial charge on any atom is 0.140 e. The highest BCUT2D eigenvalue weighted by Gasteiger charge is 2.20. The molecule has 1 N–H and O–H groups in total. The first-order chi connectivity index (χ1) is 9.74. The van der Waals surface area contributed by atoms with E-state index in [0.29, 0.717) is 6.04 Å². The number of hydrogen-bond acceptors (Lipinski definition) is 3.